The molecule has 18 heteroatoms. The van der Waals surface area contributed by atoms with Crippen molar-refractivity contribution in [3.63, 3.8) is 0 Å². The summed E-state index contributed by atoms with van der Waals surface area (Å²) in [7, 11) is 0. The van der Waals surface area contributed by atoms with Crippen molar-refractivity contribution in [3.05, 3.63) is 58.7 Å². The fourth-order valence-corrected chi connectivity index (χ4v) is 5.50. The third-order valence-corrected chi connectivity index (χ3v) is 6.95. The van der Waals surface area contributed by atoms with E-state index in [1.165, 1.54) is 0 Å². The highest BCUT2D eigenvalue weighted by atomic mass is 32.1. The highest BCUT2D eigenvalue weighted by Gasteiger charge is 2.49. The van der Waals surface area contributed by atoms with E-state index in [2.05, 4.69) is 0 Å². The van der Waals surface area contributed by atoms with Crippen molar-refractivity contribution in [3.8, 4) is 0 Å². The highest BCUT2D eigenvalue weighted by molar-refractivity contribution is 7.80. The van der Waals surface area contributed by atoms with Crippen LogP contribution in [0.3, 0.4) is 0 Å². The van der Waals surface area contributed by atoms with Crippen LogP contribution in [0.15, 0.2) is 36.4 Å². The Morgan fingerprint density at radius 1 is 0.524 bits per heavy atom. The monoisotopic (exact) mass is 656 g/mol. The molecule has 0 amide bonds. The molecule has 0 unspecified atom stereocenters. The fraction of sp³-hybridized carbons (Fsp3) is 0.417. The molecule has 2 aromatic rings. The summed E-state index contributed by atoms with van der Waals surface area (Å²) in [4.78, 5) is 1.25. The molecule has 0 atom stereocenters. The largest absolute Gasteiger partial charge is 0.416 e. The summed E-state index contributed by atoms with van der Waals surface area (Å²) >= 11 is 10.0. The molecule has 0 aromatic heterocycles. The van der Waals surface area contributed by atoms with E-state index in [1.807, 2.05) is 0 Å². The quantitative estimate of drug-likeness (QED) is 0.197. The van der Waals surface area contributed by atoms with Crippen LogP contribution < -0.4 is 21.3 Å². The van der Waals surface area contributed by atoms with Crippen LogP contribution in [0.1, 0.15) is 54.4 Å². The van der Waals surface area contributed by atoms with E-state index in [-0.39, 0.29) is 62.1 Å². The lowest BCUT2D eigenvalue weighted by Gasteiger charge is -2.53. The van der Waals surface area contributed by atoms with Gasteiger partial charge in [0.2, 0.25) is 0 Å². The van der Waals surface area contributed by atoms with Gasteiger partial charge >= 0.3 is 24.7 Å². The zero-order valence-corrected chi connectivity index (χ0v) is 22.5. The number of hydrogen-bond donors (Lipinski definition) is 2. The van der Waals surface area contributed by atoms with Gasteiger partial charge in [0.05, 0.1) is 22.3 Å². The van der Waals surface area contributed by atoms with E-state index in [9.17, 15) is 52.7 Å². The minimum absolute atomic E-state index is 0.147. The molecule has 0 spiro atoms. The van der Waals surface area contributed by atoms with Gasteiger partial charge in [0.1, 0.15) is 5.66 Å². The van der Waals surface area contributed by atoms with Crippen molar-refractivity contribution < 1.29 is 52.7 Å². The van der Waals surface area contributed by atoms with Gasteiger partial charge in [-0.05, 0) is 86.5 Å². The molecular weight excluding hydrogens is 636 g/mol. The highest BCUT2D eigenvalue weighted by Crippen LogP contribution is 2.47. The van der Waals surface area contributed by atoms with Crippen molar-refractivity contribution >= 4 is 46.0 Å². The van der Waals surface area contributed by atoms with E-state index in [4.69, 9.17) is 35.9 Å². The normalized spacial score (nSPS) is 16.2. The number of benzene rings is 2. The molecule has 1 aliphatic rings. The van der Waals surface area contributed by atoms with Gasteiger partial charge in [-0.1, -0.05) is 6.42 Å². The summed E-state index contributed by atoms with van der Waals surface area (Å²) in [6, 6.07) is 0.822. The topological polar surface area (TPSA) is 58.5 Å². The van der Waals surface area contributed by atoms with Gasteiger partial charge < -0.3 is 11.5 Å². The zero-order chi connectivity index (χ0) is 32.1. The number of hydrogen-bond acceptors (Lipinski definition) is 2. The maximum Gasteiger partial charge on any atom is 0.416 e. The first-order valence-electron chi connectivity index (χ1n) is 11.8. The van der Waals surface area contributed by atoms with Gasteiger partial charge in [0.25, 0.3) is 0 Å². The second-order valence-electron chi connectivity index (χ2n) is 9.42. The third kappa shape index (κ3) is 6.95. The maximum absolute atomic E-state index is 13.7. The van der Waals surface area contributed by atoms with Crippen molar-refractivity contribution in [1.82, 2.24) is 0 Å². The van der Waals surface area contributed by atoms with E-state index in [1.54, 1.807) is 0 Å². The fourth-order valence-electron chi connectivity index (χ4n) is 4.95. The van der Waals surface area contributed by atoms with Gasteiger partial charge in [-0.2, -0.15) is 52.7 Å². The van der Waals surface area contributed by atoms with Crippen LogP contribution in [-0.2, 0) is 24.7 Å². The molecule has 0 heterocycles. The molecule has 2 aromatic carbocycles. The molecule has 0 saturated heterocycles. The van der Waals surface area contributed by atoms with E-state index >= 15 is 0 Å². The van der Waals surface area contributed by atoms with Gasteiger partial charge in [-0.15, -0.1) is 0 Å². The molecule has 4 N–H and O–H groups in total. The lowest BCUT2D eigenvalue weighted by atomic mass is 9.85. The summed E-state index contributed by atoms with van der Waals surface area (Å²) < 4.78 is 164. The Bertz CT molecular complexity index is 1180. The number of halogens is 12. The van der Waals surface area contributed by atoms with Crippen LogP contribution in [0, 0.1) is 0 Å². The Morgan fingerprint density at radius 3 is 1.00 bits per heavy atom. The summed E-state index contributed by atoms with van der Waals surface area (Å²) in [6.07, 6.45) is -21.0. The molecule has 232 valence electrons. The van der Waals surface area contributed by atoms with Crippen LogP contribution in [-0.4, -0.2) is 15.9 Å². The predicted molar refractivity (Wildman–Crippen MR) is 137 cm³/mol. The van der Waals surface area contributed by atoms with E-state index < -0.39 is 74.2 Å². The molecule has 42 heavy (non-hydrogen) atoms. The average Bonchev–Trinajstić information content (AvgIpc) is 2.82. The van der Waals surface area contributed by atoms with Gasteiger partial charge in [-0.25, -0.2) is 0 Å². The first kappa shape index (κ1) is 33.5. The van der Waals surface area contributed by atoms with Crippen LogP contribution in [0.25, 0.3) is 0 Å². The van der Waals surface area contributed by atoms with Gasteiger partial charge in [0, 0.05) is 11.4 Å². The Morgan fingerprint density at radius 2 is 0.786 bits per heavy atom. The molecular formula is C24H20F12N4S2. The zero-order valence-electron chi connectivity index (χ0n) is 20.9. The molecule has 0 radical (unpaired) electrons. The first-order chi connectivity index (χ1) is 19.0. The van der Waals surface area contributed by atoms with Crippen molar-refractivity contribution in [2.45, 2.75) is 62.5 Å². The minimum Gasteiger partial charge on any atom is -0.376 e. The summed E-state index contributed by atoms with van der Waals surface area (Å²) in [5, 5.41) is -1.68. The summed E-state index contributed by atoms with van der Waals surface area (Å²) in [5.41, 5.74) is 0.768. The molecule has 1 fully saturated rings. The van der Waals surface area contributed by atoms with Crippen LogP contribution in [0.4, 0.5) is 64.1 Å². The Kier molecular flexibility index (Phi) is 8.96. The molecule has 0 aliphatic heterocycles. The molecule has 4 nitrogen and oxygen atoms in total. The van der Waals surface area contributed by atoms with Crippen molar-refractivity contribution in [1.29, 1.82) is 0 Å². The van der Waals surface area contributed by atoms with Gasteiger partial charge in [-0.3, -0.25) is 9.80 Å². The number of alkyl halides is 12. The number of anilines is 2. The van der Waals surface area contributed by atoms with Crippen molar-refractivity contribution in [2.75, 3.05) is 9.80 Å². The lowest BCUT2D eigenvalue weighted by Crippen LogP contribution is -2.67. The smallest absolute Gasteiger partial charge is 0.376 e. The Balaban J connectivity index is 2.43. The third-order valence-electron chi connectivity index (χ3n) is 6.59. The van der Waals surface area contributed by atoms with E-state index in [0.29, 0.717) is 16.2 Å². The van der Waals surface area contributed by atoms with Crippen molar-refractivity contribution in [2.24, 2.45) is 11.5 Å². The van der Waals surface area contributed by atoms with Gasteiger partial charge in [0.15, 0.2) is 10.2 Å². The number of nitrogens with zero attached hydrogens (tertiary/aromatic N) is 2. The molecule has 1 aliphatic carbocycles. The number of nitrogens with two attached hydrogens (primary N) is 2. The summed E-state index contributed by atoms with van der Waals surface area (Å²) in [5.74, 6) is 0. The van der Waals surface area contributed by atoms with Crippen LogP contribution in [0.2, 0.25) is 0 Å². The summed E-state index contributed by atoms with van der Waals surface area (Å²) in [6.45, 7) is 0. The second kappa shape index (κ2) is 11.2. The Hall–Kier alpha value is -3.02. The standard InChI is InChI=1S/C24H20F12N4S2/c25-21(26,27)12-6-13(22(28,29)30)9-16(8-12)39(18(37)41)20(4-2-1-3-5-20)40(19(38)42)17-10-14(23(31,32)33)7-15(11-17)24(34,35)36/h6-11H,1-5H2,(H2,37,41)(H2,38,42). The predicted octanol–water partition coefficient (Wildman–Crippen LogP) is 8.22. The first-order valence-corrected chi connectivity index (χ1v) is 12.6. The minimum atomic E-state index is -5.30. The maximum atomic E-state index is 13.7. The lowest BCUT2D eigenvalue weighted by molar-refractivity contribution is -0.144. The number of rotatable bonds is 4. The molecule has 0 bridgehead atoms. The van der Waals surface area contributed by atoms with Crippen LogP contribution >= 0.6 is 24.4 Å². The molecule has 3 rings (SSSR count). The van der Waals surface area contributed by atoms with Crippen LogP contribution in [0.5, 0.6) is 0 Å². The second-order valence-corrected chi connectivity index (χ2v) is 10.3. The van der Waals surface area contributed by atoms with E-state index in [0.717, 1.165) is 0 Å². The SMILES string of the molecule is NC(=S)N(c1cc(C(F)(F)F)cc(C(F)(F)F)c1)C1(N(C(N)=S)c2cc(C(F)(F)F)cc(C(F)(F)F)c2)CCCCC1. The Labute approximate surface area is 241 Å². The number of thiocarbonyl (C=S) groups is 2. The average molecular weight is 657 g/mol. The molecule has 1 saturated carbocycles.